The van der Waals surface area contributed by atoms with E-state index in [2.05, 4.69) is 31.2 Å². The van der Waals surface area contributed by atoms with Crippen LogP contribution in [-0.2, 0) is 0 Å². The largest absolute Gasteiger partial charge is 0.493 e. The summed E-state index contributed by atoms with van der Waals surface area (Å²) < 4.78 is 17.1. The van der Waals surface area contributed by atoms with Crippen molar-refractivity contribution >= 4 is 22.9 Å². The van der Waals surface area contributed by atoms with Gasteiger partial charge >= 0.3 is 0 Å². The molecule has 0 saturated carbocycles. The van der Waals surface area contributed by atoms with Crippen LogP contribution in [0.1, 0.15) is 22.3 Å². The molecule has 0 radical (unpaired) electrons. The van der Waals surface area contributed by atoms with E-state index in [9.17, 15) is 0 Å². The molecule has 1 aliphatic rings. The van der Waals surface area contributed by atoms with Crippen LogP contribution in [0.5, 0.6) is 17.2 Å². The van der Waals surface area contributed by atoms with Gasteiger partial charge in [0.1, 0.15) is 5.75 Å². The van der Waals surface area contributed by atoms with Gasteiger partial charge in [-0.25, -0.2) is 0 Å². The molecule has 4 heteroatoms. The Balaban J connectivity index is 1.89. The molecule has 0 bridgehead atoms. The number of allylic oxidation sites excluding steroid dienone is 2. The zero-order valence-corrected chi connectivity index (χ0v) is 17.3. The summed E-state index contributed by atoms with van der Waals surface area (Å²) in [6, 6.07) is 22.0. The third kappa shape index (κ3) is 3.74. The molecule has 0 atom stereocenters. The zero-order valence-electron chi connectivity index (χ0n) is 16.5. The summed E-state index contributed by atoms with van der Waals surface area (Å²) in [6.07, 6.45) is 1.96. The van der Waals surface area contributed by atoms with Crippen molar-refractivity contribution in [1.29, 1.82) is 0 Å². The van der Waals surface area contributed by atoms with Crippen LogP contribution in [0.2, 0.25) is 0 Å². The van der Waals surface area contributed by atoms with Gasteiger partial charge in [-0.3, -0.25) is 0 Å². The number of para-hydroxylation sites is 1. The Hall–Kier alpha value is -3.17. The van der Waals surface area contributed by atoms with Crippen molar-refractivity contribution in [2.75, 3.05) is 14.2 Å². The van der Waals surface area contributed by atoms with Gasteiger partial charge in [-0.1, -0.05) is 59.6 Å². The van der Waals surface area contributed by atoms with Crippen molar-refractivity contribution in [2.45, 2.75) is 6.92 Å². The molecule has 4 rings (SSSR count). The van der Waals surface area contributed by atoms with Gasteiger partial charge in [0, 0.05) is 11.1 Å². The van der Waals surface area contributed by atoms with Crippen molar-refractivity contribution < 1.29 is 14.2 Å². The van der Waals surface area contributed by atoms with Crippen LogP contribution in [0.15, 0.2) is 77.8 Å². The lowest BCUT2D eigenvalue weighted by molar-refractivity contribution is 0.354. The van der Waals surface area contributed by atoms with Crippen LogP contribution in [0.25, 0.3) is 11.3 Å². The van der Waals surface area contributed by atoms with Crippen LogP contribution in [0.4, 0.5) is 0 Å². The molecule has 0 amide bonds. The van der Waals surface area contributed by atoms with Crippen molar-refractivity contribution in [2.24, 2.45) is 0 Å². The second kappa shape index (κ2) is 8.06. The summed E-state index contributed by atoms with van der Waals surface area (Å²) >= 11 is 6.76. The topological polar surface area (TPSA) is 27.7 Å². The number of ether oxygens (including phenoxy) is 3. The second-order valence-electron chi connectivity index (χ2n) is 6.77. The second-order valence-corrected chi connectivity index (χ2v) is 7.18. The van der Waals surface area contributed by atoms with Gasteiger partial charge in [0.2, 0.25) is 0 Å². The van der Waals surface area contributed by atoms with Crippen LogP contribution < -0.4 is 14.2 Å². The smallest absolute Gasteiger partial charge is 0.161 e. The molecule has 146 valence electrons. The van der Waals surface area contributed by atoms with Crippen molar-refractivity contribution in [3.63, 3.8) is 0 Å². The fourth-order valence-corrected chi connectivity index (χ4v) is 3.61. The monoisotopic (exact) mass is 404 g/mol. The highest BCUT2D eigenvalue weighted by Gasteiger charge is 2.21. The molecule has 0 aromatic heterocycles. The minimum Gasteiger partial charge on any atom is -0.493 e. The average molecular weight is 405 g/mol. The molecule has 0 saturated heterocycles. The maximum absolute atomic E-state index is 6.76. The number of aryl methyl sites for hydroxylation is 1. The molecular weight excluding hydrogens is 384 g/mol. The number of rotatable bonds is 4. The Morgan fingerprint density at radius 3 is 2.21 bits per heavy atom. The minimum atomic E-state index is 0.518. The van der Waals surface area contributed by atoms with E-state index in [-0.39, 0.29) is 0 Å². The molecule has 3 nitrogen and oxygen atoms in total. The molecule has 0 unspecified atom stereocenters. The Bertz CT molecular complexity index is 1110. The number of hydrogen-bond acceptors (Lipinski definition) is 3. The van der Waals surface area contributed by atoms with Crippen molar-refractivity contribution in [3.8, 4) is 17.2 Å². The Morgan fingerprint density at radius 1 is 0.793 bits per heavy atom. The third-order valence-electron chi connectivity index (χ3n) is 4.89. The maximum Gasteiger partial charge on any atom is 0.161 e. The number of halogens is 1. The SMILES string of the molecule is COc1ccc(C2=C(Cl)C=C(c3ccc(C)cc3)c3ccccc3O2)cc1OC. The maximum atomic E-state index is 6.76. The van der Waals surface area contributed by atoms with Crippen LogP contribution in [0, 0.1) is 6.92 Å². The highest BCUT2D eigenvalue weighted by atomic mass is 35.5. The minimum absolute atomic E-state index is 0.518. The fraction of sp³-hybridized carbons (Fsp3) is 0.120. The molecule has 29 heavy (non-hydrogen) atoms. The first-order valence-corrected chi connectivity index (χ1v) is 9.66. The average Bonchev–Trinajstić information content (AvgIpc) is 2.90. The summed E-state index contributed by atoms with van der Waals surface area (Å²) in [6.45, 7) is 2.07. The summed E-state index contributed by atoms with van der Waals surface area (Å²) in [5.74, 6) is 2.59. The van der Waals surface area contributed by atoms with E-state index in [1.807, 2.05) is 48.5 Å². The molecule has 3 aromatic rings. The summed E-state index contributed by atoms with van der Waals surface area (Å²) in [5.41, 5.74) is 5.11. The summed E-state index contributed by atoms with van der Waals surface area (Å²) in [7, 11) is 3.22. The molecule has 3 aromatic carbocycles. The van der Waals surface area contributed by atoms with E-state index in [1.165, 1.54) is 5.56 Å². The predicted molar refractivity (Wildman–Crippen MR) is 118 cm³/mol. The van der Waals surface area contributed by atoms with E-state index in [1.54, 1.807) is 14.2 Å². The molecule has 0 spiro atoms. The first-order valence-electron chi connectivity index (χ1n) is 9.29. The lowest BCUT2D eigenvalue weighted by Gasteiger charge is -2.15. The Labute approximate surface area is 175 Å². The van der Waals surface area contributed by atoms with E-state index in [4.69, 9.17) is 25.8 Å². The van der Waals surface area contributed by atoms with Gasteiger partial charge in [-0.2, -0.15) is 0 Å². The highest BCUT2D eigenvalue weighted by molar-refractivity contribution is 6.34. The van der Waals surface area contributed by atoms with Crippen LogP contribution >= 0.6 is 11.6 Å². The molecular formula is C25H21ClO3. The molecule has 1 aliphatic heterocycles. The van der Waals surface area contributed by atoms with E-state index in [0.717, 1.165) is 28.0 Å². The lowest BCUT2D eigenvalue weighted by Crippen LogP contribution is -1.99. The lowest BCUT2D eigenvalue weighted by atomic mass is 9.96. The number of hydrogen-bond donors (Lipinski definition) is 0. The van der Waals surface area contributed by atoms with E-state index < -0.39 is 0 Å². The first-order chi connectivity index (χ1) is 14.1. The number of benzene rings is 3. The van der Waals surface area contributed by atoms with Gasteiger partial charge in [-0.15, -0.1) is 0 Å². The zero-order chi connectivity index (χ0) is 20.4. The van der Waals surface area contributed by atoms with Gasteiger partial charge in [-0.05, 0) is 48.4 Å². The predicted octanol–water partition coefficient (Wildman–Crippen LogP) is 6.44. The van der Waals surface area contributed by atoms with Gasteiger partial charge in [0.25, 0.3) is 0 Å². The Morgan fingerprint density at radius 2 is 1.48 bits per heavy atom. The standard InChI is InChI=1S/C25H21ClO3/c1-16-8-10-17(11-9-16)20-15-21(26)25(29-22-7-5-4-6-19(20)22)18-12-13-23(27-2)24(14-18)28-3/h4-15H,1-3H3. The number of fused-ring (bicyclic) bond motifs is 1. The van der Waals surface area contributed by atoms with E-state index in [0.29, 0.717) is 22.3 Å². The molecule has 0 N–H and O–H groups in total. The highest BCUT2D eigenvalue weighted by Crippen LogP contribution is 2.41. The first kappa shape index (κ1) is 19.2. The van der Waals surface area contributed by atoms with Crippen LogP contribution in [0.3, 0.4) is 0 Å². The number of methoxy groups -OCH3 is 2. The quantitative estimate of drug-likeness (QED) is 0.500. The molecule has 0 fully saturated rings. The van der Waals surface area contributed by atoms with Gasteiger partial charge in [0.05, 0.1) is 19.3 Å². The molecule has 0 aliphatic carbocycles. The van der Waals surface area contributed by atoms with Gasteiger partial charge < -0.3 is 14.2 Å². The molecule has 1 heterocycles. The van der Waals surface area contributed by atoms with Crippen molar-refractivity contribution in [3.05, 3.63) is 100 Å². The normalized spacial score (nSPS) is 13.2. The fourth-order valence-electron chi connectivity index (χ4n) is 3.35. The third-order valence-corrected chi connectivity index (χ3v) is 5.17. The van der Waals surface area contributed by atoms with Gasteiger partial charge in [0.15, 0.2) is 17.3 Å². The van der Waals surface area contributed by atoms with E-state index >= 15 is 0 Å². The van der Waals surface area contributed by atoms with Crippen LogP contribution in [-0.4, -0.2) is 14.2 Å². The van der Waals surface area contributed by atoms with Crippen molar-refractivity contribution in [1.82, 2.24) is 0 Å². The Kier molecular flexibility index (Phi) is 5.32. The summed E-state index contributed by atoms with van der Waals surface area (Å²) in [5, 5.41) is 0.518. The summed E-state index contributed by atoms with van der Waals surface area (Å²) in [4.78, 5) is 0.